The van der Waals surface area contributed by atoms with Crippen LogP contribution in [-0.4, -0.2) is 83.7 Å². The van der Waals surface area contributed by atoms with Crippen molar-refractivity contribution < 1.29 is 4.79 Å². The molecule has 3 aliphatic heterocycles. The van der Waals surface area contributed by atoms with Crippen LogP contribution in [0.15, 0.2) is 12.3 Å². The third-order valence-corrected chi connectivity index (χ3v) is 6.79. The highest BCUT2D eigenvalue weighted by molar-refractivity contribution is 7.99. The Morgan fingerprint density at radius 2 is 2.15 bits per heavy atom. The molecule has 0 saturated carbocycles. The van der Waals surface area contributed by atoms with E-state index in [9.17, 15) is 4.79 Å². The van der Waals surface area contributed by atoms with E-state index in [-0.39, 0.29) is 11.9 Å². The summed E-state index contributed by atoms with van der Waals surface area (Å²) in [6.07, 6.45) is 2.46. The second kappa shape index (κ2) is 8.23. The maximum absolute atomic E-state index is 12.6. The number of nitrogens with zero attached hydrogens (tertiary/aromatic N) is 5. The number of amides is 1. The summed E-state index contributed by atoms with van der Waals surface area (Å²) >= 11 is 8.12. The fraction of sp³-hybridized carbons (Fsp3) is 0.611. The summed E-state index contributed by atoms with van der Waals surface area (Å²) in [7, 11) is 0. The zero-order chi connectivity index (χ0) is 18.8. The van der Waals surface area contributed by atoms with E-state index in [1.165, 1.54) is 0 Å². The number of aromatic nitrogens is 1. The van der Waals surface area contributed by atoms with Crippen LogP contribution in [-0.2, 0) is 4.79 Å². The first-order valence-corrected chi connectivity index (χ1v) is 10.8. The molecule has 0 radical (unpaired) electrons. The molecule has 9 heteroatoms. The number of rotatable bonds is 3. The molecular weight excluding hydrogens is 384 g/mol. The van der Waals surface area contributed by atoms with E-state index in [2.05, 4.69) is 26.2 Å². The molecule has 4 heterocycles. The van der Waals surface area contributed by atoms with E-state index in [0.717, 1.165) is 63.1 Å². The van der Waals surface area contributed by atoms with Crippen LogP contribution in [0.2, 0.25) is 5.02 Å². The number of carbonyl (C=O) groups is 1. The summed E-state index contributed by atoms with van der Waals surface area (Å²) in [5.74, 6) is 2.89. The number of halogens is 1. The summed E-state index contributed by atoms with van der Waals surface area (Å²) in [6, 6.07) is 4.10. The van der Waals surface area contributed by atoms with Gasteiger partial charge in [0.25, 0.3) is 0 Å². The third kappa shape index (κ3) is 4.02. The van der Waals surface area contributed by atoms with Gasteiger partial charge < -0.3 is 15.1 Å². The number of anilines is 1. The maximum atomic E-state index is 12.6. The van der Waals surface area contributed by atoms with Crippen LogP contribution in [0.5, 0.6) is 0 Å². The Bertz CT molecular complexity index is 742. The fourth-order valence-corrected chi connectivity index (χ4v) is 5.26. The van der Waals surface area contributed by atoms with Crippen molar-refractivity contribution in [3.8, 4) is 6.07 Å². The molecule has 1 aromatic rings. The first-order valence-electron chi connectivity index (χ1n) is 9.30. The van der Waals surface area contributed by atoms with Crippen LogP contribution in [0.4, 0.5) is 5.82 Å². The quantitative estimate of drug-likeness (QED) is 0.802. The van der Waals surface area contributed by atoms with E-state index >= 15 is 0 Å². The van der Waals surface area contributed by atoms with Crippen molar-refractivity contribution in [3.63, 3.8) is 0 Å². The number of hydrogen-bond acceptors (Lipinski definition) is 7. The zero-order valence-corrected chi connectivity index (χ0v) is 16.7. The number of pyridine rings is 1. The minimum atomic E-state index is -0.0404. The lowest BCUT2D eigenvalue weighted by Crippen LogP contribution is -2.51. The van der Waals surface area contributed by atoms with Gasteiger partial charge >= 0.3 is 0 Å². The predicted molar refractivity (Wildman–Crippen MR) is 107 cm³/mol. The second-order valence-corrected chi connectivity index (χ2v) is 8.64. The molecule has 27 heavy (non-hydrogen) atoms. The number of thioether (sulfide) groups is 1. The number of piperazine rings is 1. The lowest BCUT2D eigenvalue weighted by molar-refractivity contribution is -0.131. The van der Waals surface area contributed by atoms with E-state index in [1.807, 2.05) is 16.7 Å². The van der Waals surface area contributed by atoms with Crippen LogP contribution < -0.4 is 10.2 Å². The highest BCUT2D eigenvalue weighted by Gasteiger charge is 2.36. The molecular formula is C18H23ClN6OS. The molecule has 3 saturated heterocycles. The van der Waals surface area contributed by atoms with Gasteiger partial charge in [0.05, 0.1) is 22.5 Å². The Balaban J connectivity index is 1.31. The van der Waals surface area contributed by atoms with Crippen molar-refractivity contribution in [2.75, 3.05) is 55.8 Å². The van der Waals surface area contributed by atoms with Crippen LogP contribution in [0.25, 0.3) is 0 Å². The molecule has 0 aromatic carbocycles. The smallest absolute Gasteiger partial charge is 0.240 e. The Morgan fingerprint density at radius 3 is 2.81 bits per heavy atom. The van der Waals surface area contributed by atoms with E-state index in [0.29, 0.717) is 16.6 Å². The lowest BCUT2D eigenvalue weighted by atomic mass is 10.1. The SMILES string of the molecule is N#Cc1cnc(N2CCN([C@@H]3CN[C@H](C(=O)N4CCSC4)C3)CC2)c(Cl)c1. The molecule has 3 fully saturated rings. The Morgan fingerprint density at radius 1 is 1.33 bits per heavy atom. The van der Waals surface area contributed by atoms with Crippen LogP contribution in [0, 0.1) is 11.3 Å². The van der Waals surface area contributed by atoms with Gasteiger partial charge in [-0.25, -0.2) is 4.98 Å². The lowest BCUT2D eigenvalue weighted by Gasteiger charge is -2.38. The largest absolute Gasteiger partial charge is 0.353 e. The molecule has 0 bridgehead atoms. The molecule has 3 aliphatic rings. The molecule has 0 unspecified atom stereocenters. The van der Waals surface area contributed by atoms with Gasteiger partial charge in [-0.05, 0) is 12.5 Å². The summed E-state index contributed by atoms with van der Waals surface area (Å²) < 4.78 is 0. The van der Waals surface area contributed by atoms with E-state index < -0.39 is 0 Å². The number of nitrogens with one attached hydrogen (secondary N) is 1. The highest BCUT2D eigenvalue weighted by Crippen LogP contribution is 2.26. The van der Waals surface area contributed by atoms with Gasteiger partial charge in [0.15, 0.2) is 0 Å². The van der Waals surface area contributed by atoms with Crippen molar-refractivity contribution in [2.24, 2.45) is 0 Å². The monoisotopic (exact) mass is 406 g/mol. The molecule has 4 rings (SSSR count). The summed E-state index contributed by atoms with van der Waals surface area (Å²) in [6.45, 7) is 5.28. The van der Waals surface area contributed by atoms with Crippen molar-refractivity contribution in [3.05, 3.63) is 22.8 Å². The van der Waals surface area contributed by atoms with Gasteiger partial charge in [0.1, 0.15) is 11.9 Å². The molecule has 0 spiro atoms. The van der Waals surface area contributed by atoms with Crippen molar-refractivity contribution in [1.82, 2.24) is 20.1 Å². The number of hydrogen-bond donors (Lipinski definition) is 1. The van der Waals surface area contributed by atoms with Crippen molar-refractivity contribution >= 4 is 35.1 Å². The number of nitriles is 1. The van der Waals surface area contributed by atoms with Gasteiger partial charge in [0, 0.05) is 57.3 Å². The molecule has 1 aromatic heterocycles. The van der Waals surface area contributed by atoms with Crippen molar-refractivity contribution in [2.45, 2.75) is 18.5 Å². The zero-order valence-electron chi connectivity index (χ0n) is 15.1. The Kier molecular flexibility index (Phi) is 5.74. The second-order valence-electron chi connectivity index (χ2n) is 7.15. The predicted octanol–water partition coefficient (Wildman–Crippen LogP) is 0.992. The molecule has 1 amide bonds. The maximum Gasteiger partial charge on any atom is 0.240 e. The van der Waals surface area contributed by atoms with E-state index in [4.69, 9.17) is 16.9 Å². The molecule has 0 aliphatic carbocycles. The summed E-state index contributed by atoms with van der Waals surface area (Å²) in [5, 5.41) is 12.9. The fourth-order valence-electron chi connectivity index (χ4n) is 4.01. The first-order chi connectivity index (χ1) is 13.2. The topological polar surface area (TPSA) is 75.5 Å². The Labute approximate surface area is 168 Å². The van der Waals surface area contributed by atoms with Crippen LogP contribution in [0.1, 0.15) is 12.0 Å². The minimum Gasteiger partial charge on any atom is -0.353 e. The molecule has 1 N–H and O–H groups in total. The van der Waals surface area contributed by atoms with Crippen molar-refractivity contribution in [1.29, 1.82) is 5.26 Å². The van der Waals surface area contributed by atoms with Crippen LogP contribution in [0.3, 0.4) is 0 Å². The van der Waals surface area contributed by atoms with Gasteiger partial charge in [-0.2, -0.15) is 5.26 Å². The Hall–Kier alpha value is -1.53. The third-order valence-electron chi connectivity index (χ3n) is 5.55. The molecule has 7 nitrogen and oxygen atoms in total. The standard InChI is InChI=1S/C18H23ClN6OS/c19-15-7-13(9-20)10-22-17(15)24-3-1-23(2-4-24)14-8-16(21-11-14)18(26)25-5-6-27-12-25/h7,10,14,16,21H,1-6,8,11-12H2/t14-,16-/m0/s1. The summed E-state index contributed by atoms with van der Waals surface area (Å²) in [4.78, 5) is 23.6. The average Bonchev–Trinajstić information content (AvgIpc) is 3.40. The van der Waals surface area contributed by atoms with Crippen LogP contribution >= 0.6 is 23.4 Å². The van der Waals surface area contributed by atoms with E-state index in [1.54, 1.807) is 12.3 Å². The average molecular weight is 407 g/mol. The summed E-state index contributed by atoms with van der Waals surface area (Å²) in [5.41, 5.74) is 0.478. The van der Waals surface area contributed by atoms with Gasteiger partial charge in [-0.1, -0.05) is 11.6 Å². The molecule has 2 atom stereocenters. The molecule has 144 valence electrons. The first kappa shape index (κ1) is 18.8. The van der Waals surface area contributed by atoms with Gasteiger partial charge in [-0.15, -0.1) is 11.8 Å². The minimum absolute atomic E-state index is 0.0404. The highest BCUT2D eigenvalue weighted by atomic mass is 35.5. The normalized spacial score (nSPS) is 26.4. The van der Waals surface area contributed by atoms with Gasteiger partial charge in [-0.3, -0.25) is 9.69 Å². The van der Waals surface area contributed by atoms with Gasteiger partial charge in [0.2, 0.25) is 5.91 Å². The number of carbonyl (C=O) groups excluding carboxylic acids is 1.